The van der Waals surface area contributed by atoms with Gasteiger partial charge in [-0.1, -0.05) is 12.2 Å². The van der Waals surface area contributed by atoms with Crippen molar-refractivity contribution in [2.75, 3.05) is 17.2 Å². The minimum atomic E-state index is -3.43. The number of sulfonamides is 1. The molecule has 24 heavy (non-hydrogen) atoms. The number of carbonyl (C=O) groups is 2. The molecule has 130 valence electrons. The molecule has 9 heteroatoms. The molecule has 1 aromatic carbocycles. The number of amides is 1. The van der Waals surface area contributed by atoms with E-state index in [0.29, 0.717) is 17.7 Å². The second-order valence-corrected chi connectivity index (χ2v) is 9.54. The van der Waals surface area contributed by atoms with E-state index in [1.165, 1.54) is 11.8 Å². The number of nitrogens with one attached hydrogen (secondary N) is 2. The summed E-state index contributed by atoms with van der Waals surface area (Å²) < 4.78 is 25.6. The van der Waals surface area contributed by atoms with Gasteiger partial charge < -0.3 is 5.32 Å². The fourth-order valence-electron chi connectivity index (χ4n) is 2.14. The van der Waals surface area contributed by atoms with E-state index < -0.39 is 26.3 Å². The lowest BCUT2D eigenvalue weighted by Gasteiger charge is -2.19. The van der Waals surface area contributed by atoms with Gasteiger partial charge in [-0.15, -0.1) is 11.8 Å². The predicted molar refractivity (Wildman–Crippen MR) is 101 cm³/mol. The van der Waals surface area contributed by atoms with E-state index in [9.17, 15) is 18.0 Å². The van der Waals surface area contributed by atoms with Crippen molar-refractivity contribution in [2.45, 2.75) is 10.3 Å². The largest absolute Gasteiger partial charge is 0.340 e. The number of benzene rings is 1. The molecule has 0 saturated heterocycles. The predicted octanol–water partition coefficient (Wildman–Crippen LogP) is 2.08. The average Bonchev–Trinajstić information content (AvgIpc) is 3.05. The van der Waals surface area contributed by atoms with Gasteiger partial charge in [0, 0.05) is 10.5 Å². The summed E-state index contributed by atoms with van der Waals surface area (Å²) in [5, 5.41) is 5.75. The van der Waals surface area contributed by atoms with Gasteiger partial charge >= 0.3 is 0 Å². The van der Waals surface area contributed by atoms with Crippen LogP contribution in [0, 0.1) is 0 Å². The normalized spacial score (nSPS) is 16.0. The van der Waals surface area contributed by atoms with Crippen LogP contribution in [-0.2, 0) is 14.8 Å². The molecule has 2 N–H and O–H groups in total. The lowest BCUT2D eigenvalue weighted by Crippen LogP contribution is -2.32. The molecule has 6 nitrogen and oxygen atoms in total. The smallest absolute Gasteiger partial charge is 0.229 e. The lowest BCUT2D eigenvalue weighted by molar-refractivity contribution is -0.109. The van der Waals surface area contributed by atoms with Crippen molar-refractivity contribution in [3.63, 3.8) is 0 Å². The van der Waals surface area contributed by atoms with Crippen molar-refractivity contribution in [1.29, 1.82) is 0 Å². The van der Waals surface area contributed by atoms with E-state index in [-0.39, 0.29) is 5.78 Å². The molecule has 0 fully saturated rings. The molecule has 0 radical (unpaired) electrons. The third-order valence-electron chi connectivity index (χ3n) is 3.15. The number of rotatable bonds is 8. The Morgan fingerprint density at radius 1 is 1.29 bits per heavy atom. The van der Waals surface area contributed by atoms with Crippen molar-refractivity contribution in [3.05, 3.63) is 46.7 Å². The summed E-state index contributed by atoms with van der Waals surface area (Å²) in [7, 11) is -4.25. The second kappa shape index (κ2) is 7.91. The molecule has 0 bridgehead atoms. The number of thiol groups is 1. The highest BCUT2D eigenvalue weighted by Gasteiger charge is 2.21. The van der Waals surface area contributed by atoms with E-state index >= 15 is 0 Å². The second-order valence-electron chi connectivity index (χ2n) is 4.96. The SMILES string of the molecule is CSC(NC=O)C(=O)c1ccc(NS(C)(=O)=O)c([SH]2C=CC=C2)c1. The average molecular weight is 387 g/mol. The van der Waals surface area contributed by atoms with Crippen molar-refractivity contribution >= 4 is 50.6 Å². The van der Waals surface area contributed by atoms with Crippen LogP contribution in [0.2, 0.25) is 0 Å². The van der Waals surface area contributed by atoms with E-state index in [2.05, 4.69) is 10.0 Å². The fourth-order valence-corrected chi connectivity index (χ4v) is 5.03. The van der Waals surface area contributed by atoms with Gasteiger partial charge in [0.2, 0.25) is 16.4 Å². The molecular weight excluding hydrogens is 368 g/mol. The molecule has 0 aromatic heterocycles. The highest BCUT2D eigenvalue weighted by molar-refractivity contribution is 8.22. The summed E-state index contributed by atoms with van der Waals surface area (Å²) in [6.07, 6.45) is 7.09. The number of hydrogen-bond donors (Lipinski definition) is 3. The van der Waals surface area contributed by atoms with Gasteiger partial charge in [-0.2, -0.15) is 10.9 Å². The third kappa shape index (κ3) is 4.65. The number of thioether (sulfide) groups is 1. The van der Waals surface area contributed by atoms with Gasteiger partial charge in [-0.25, -0.2) is 8.42 Å². The summed E-state index contributed by atoms with van der Waals surface area (Å²) in [5.41, 5.74) is 0.884. The van der Waals surface area contributed by atoms with Crippen LogP contribution in [0.25, 0.3) is 0 Å². The maximum Gasteiger partial charge on any atom is 0.229 e. The standard InChI is InChI=1S/C15H18N2O4S3/c1-22-15(16-10-18)14(19)11-5-6-12(17-24(2,20)21)13(9-11)23-7-3-4-8-23/h3-10,15,17,23H,1-2H3,(H,16,18). The van der Waals surface area contributed by atoms with Crippen LogP contribution >= 0.6 is 22.7 Å². The number of anilines is 1. The number of carbonyl (C=O) groups excluding carboxylic acids is 2. The Bertz CT molecular complexity index is 791. The first-order valence-corrected chi connectivity index (χ1v) is 11.5. The van der Waals surface area contributed by atoms with Crippen LogP contribution in [0.4, 0.5) is 5.69 Å². The Morgan fingerprint density at radius 3 is 2.50 bits per heavy atom. The molecule has 1 atom stereocenters. The summed E-state index contributed by atoms with van der Waals surface area (Å²) in [6.45, 7) is 0. The fraction of sp³-hybridized carbons (Fsp3) is 0.200. The zero-order valence-electron chi connectivity index (χ0n) is 13.1. The quantitative estimate of drug-likeness (QED) is 0.275. The molecule has 1 aromatic rings. The zero-order valence-corrected chi connectivity index (χ0v) is 15.6. The Morgan fingerprint density at radius 2 is 1.96 bits per heavy atom. The van der Waals surface area contributed by atoms with Gasteiger partial charge in [0.25, 0.3) is 0 Å². The summed E-state index contributed by atoms with van der Waals surface area (Å²) in [4.78, 5) is 23.9. The number of hydrogen-bond acceptors (Lipinski definition) is 5. The van der Waals surface area contributed by atoms with E-state index in [0.717, 1.165) is 11.2 Å². The summed E-state index contributed by atoms with van der Waals surface area (Å²) >= 11 is 1.22. The van der Waals surface area contributed by atoms with Crippen LogP contribution in [0.15, 0.2) is 46.1 Å². The minimum Gasteiger partial charge on any atom is -0.340 e. The first kappa shape index (κ1) is 18.6. The van der Waals surface area contributed by atoms with Crippen LogP contribution in [-0.4, -0.2) is 38.5 Å². The van der Waals surface area contributed by atoms with Crippen molar-refractivity contribution in [2.24, 2.45) is 0 Å². The molecule has 1 amide bonds. The molecule has 0 spiro atoms. The van der Waals surface area contributed by atoms with Crippen molar-refractivity contribution < 1.29 is 18.0 Å². The van der Waals surface area contributed by atoms with Crippen LogP contribution in [0.1, 0.15) is 10.4 Å². The van der Waals surface area contributed by atoms with Crippen molar-refractivity contribution in [3.8, 4) is 0 Å². The van der Waals surface area contributed by atoms with Gasteiger partial charge in [0.15, 0.2) is 5.78 Å². The number of ketones is 1. The van der Waals surface area contributed by atoms with Crippen LogP contribution in [0.5, 0.6) is 0 Å². The molecule has 2 rings (SSSR count). The highest BCUT2D eigenvalue weighted by atomic mass is 32.2. The third-order valence-corrected chi connectivity index (χ3v) is 6.48. The van der Waals surface area contributed by atoms with E-state index in [1.54, 1.807) is 24.5 Å². The summed E-state index contributed by atoms with van der Waals surface area (Å²) in [5.74, 6) is -0.232. The van der Waals surface area contributed by atoms with Crippen LogP contribution in [0.3, 0.4) is 0 Å². The molecule has 1 heterocycles. The molecule has 1 aliphatic rings. The molecule has 0 saturated carbocycles. The maximum absolute atomic E-state index is 12.5. The van der Waals surface area contributed by atoms with Gasteiger partial charge in [-0.3, -0.25) is 14.3 Å². The number of Topliss-reactive ketones (excluding diaryl/α,β-unsaturated/α-hetero) is 1. The molecule has 0 aliphatic carbocycles. The first-order valence-electron chi connectivity index (χ1n) is 6.87. The Balaban J connectivity index is 2.43. The van der Waals surface area contributed by atoms with E-state index in [4.69, 9.17) is 0 Å². The molecule has 1 unspecified atom stereocenters. The monoisotopic (exact) mass is 386 g/mol. The number of allylic oxidation sites excluding steroid dienone is 2. The zero-order chi connectivity index (χ0) is 17.7. The van der Waals surface area contributed by atoms with Crippen molar-refractivity contribution in [1.82, 2.24) is 5.32 Å². The van der Waals surface area contributed by atoms with E-state index in [1.807, 2.05) is 23.0 Å². The summed E-state index contributed by atoms with van der Waals surface area (Å²) in [6, 6.07) is 4.84. The highest BCUT2D eigenvalue weighted by Crippen LogP contribution is 2.46. The Hall–Kier alpha value is -1.71. The first-order chi connectivity index (χ1) is 11.4. The van der Waals surface area contributed by atoms with Gasteiger partial charge in [-0.05, 0) is 35.3 Å². The maximum atomic E-state index is 12.5. The topological polar surface area (TPSA) is 92.3 Å². The van der Waals surface area contributed by atoms with Gasteiger partial charge in [0.05, 0.1) is 11.9 Å². The Kier molecular flexibility index (Phi) is 6.14. The molecular formula is C15H18N2O4S3. The lowest BCUT2D eigenvalue weighted by atomic mass is 10.1. The van der Waals surface area contributed by atoms with Crippen LogP contribution < -0.4 is 10.0 Å². The van der Waals surface area contributed by atoms with Gasteiger partial charge in [0.1, 0.15) is 5.37 Å². The minimum absolute atomic E-state index is 0.232. The Labute approximate surface area is 148 Å². The molecule has 1 aliphatic heterocycles.